The van der Waals surface area contributed by atoms with Gasteiger partial charge in [-0.25, -0.2) is 0 Å². The van der Waals surface area contributed by atoms with Gasteiger partial charge in [0.25, 0.3) is 0 Å². The topological polar surface area (TPSA) is 3.24 Å². The zero-order chi connectivity index (χ0) is 10.2. The smallest absolute Gasteiger partial charge is 0.0160 e. The highest BCUT2D eigenvalue weighted by Gasteiger charge is 1.81. The Morgan fingerprint density at radius 1 is 1.07 bits per heavy atom. The van der Waals surface area contributed by atoms with Gasteiger partial charge in [0.2, 0.25) is 0 Å². The normalized spacial score (nSPS) is 11.9. The second-order valence-corrected chi connectivity index (χ2v) is 3.46. The molecule has 0 fully saturated rings. The minimum absolute atomic E-state index is 0.985. The van der Waals surface area contributed by atoms with E-state index in [2.05, 4.69) is 55.4 Å². The van der Waals surface area contributed by atoms with E-state index in [9.17, 15) is 0 Å². The van der Waals surface area contributed by atoms with Gasteiger partial charge in [0.15, 0.2) is 0 Å². The van der Waals surface area contributed by atoms with Crippen molar-refractivity contribution in [3.8, 4) is 0 Å². The molecular formula is C13H17N. The van der Waals surface area contributed by atoms with Crippen LogP contribution >= 0.6 is 0 Å². The number of rotatable bonds is 4. The van der Waals surface area contributed by atoms with Gasteiger partial charge in [0, 0.05) is 6.54 Å². The second-order valence-electron chi connectivity index (χ2n) is 3.46. The van der Waals surface area contributed by atoms with Gasteiger partial charge >= 0.3 is 0 Å². The fourth-order valence-electron chi connectivity index (χ4n) is 1.08. The second kappa shape index (κ2) is 6.17. The number of nitrogens with zero attached hydrogens (tertiary/aromatic N) is 1. The maximum Gasteiger partial charge on any atom is 0.0160 e. The van der Waals surface area contributed by atoms with Gasteiger partial charge in [-0.05, 0) is 19.7 Å². The first-order valence-electron chi connectivity index (χ1n) is 4.82. The number of likely N-dealkylation sites (N-methyl/N-ethyl adjacent to an activating group) is 1. The standard InChI is InChI=1S/C13H17N/c1-14(2)12-8-4-7-11-13-9-5-3-6-10-13/h3-11H,12H2,1-2H3. The lowest BCUT2D eigenvalue weighted by molar-refractivity contribution is 0.456. The number of hydrogen-bond acceptors (Lipinski definition) is 1. The van der Waals surface area contributed by atoms with Gasteiger partial charge in [-0.15, -0.1) is 0 Å². The molecule has 1 heteroatoms. The maximum atomic E-state index is 2.14. The molecule has 0 aliphatic rings. The van der Waals surface area contributed by atoms with Gasteiger partial charge in [0.05, 0.1) is 0 Å². The van der Waals surface area contributed by atoms with Crippen molar-refractivity contribution in [1.29, 1.82) is 0 Å². The quantitative estimate of drug-likeness (QED) is 0.655. The van der Waals surface area contributed by atoms with E-state index in [0.717, 1.165) is 6.54 Å². The Hall–Kier alpha value is -1.34. The molecule has 1 aromatic rings. The average Bonchev–Trinajstić information content (AvgIpc) is 2.18. The summed E-state index contributed by atoms with van der Waals surface area (Å²) in [5.74, 6) is 0. The molecule has 1 nitrogen and oxygen atoms in total. The molecule has 74 valence electrons. The van der Waals surface area contributed by atoms with E-state index in [1.54, 1.807) is 0 Å². The minimum atomic E-state index is 0.985. The highest BCUT2D eigenvalue weighted by Crippen LogP contribution is 2.00. The van der Waals surface area contributed by atoms with Crippen LogP contribution in [0.2, 0.25) is 0 Å². The first kappa shape index (κ1) is 10.7. The molecule has 14 heavy (non-hydrogen) atoms. The summed E-state index contributed by atoms with van der Waals surface area (Å²) < 4.78 is 0. The van der Waals surface area contributed by atoms with E-state index in [1.807, 2.05) is 18.2 Å². The van der Waals surface area contributed by atoms with Crippen LogP contribution in [0.3, 0.4) is 0 Å². The van der Waals surface area contributed by atoms with Gasteiger partial charge in [-0.3, -0.25) is 0 Å². The minimum Gasteiger partial charge on any atom is -0.306 e. The predicted molar refractivity (Wildman–Crippen MR) is 63.2 cm³/mol. The van der Waals surface area contributed by atoms with Crippen LogP contribution < -0.4 is 0 Å². The van der Waals surface area contributed by atoms with Crippen molar-refractivity contribution >= 4 is 6.08 Å². The number of hydrogen-bond donors (Lipinski definition) is 0. The van der Waals surface area contributed by atoms with Gasteiger partial charge in [0.1, 0.15) is 0 Å². The third-order valence-electron chi connectivity index (χ3n) is 1.81. The maximum absolute atomic E-state index is 2.14. The summed E-state index contributed by atoms with van der Waals surface area (Å²) in [5, 5.41) is 0. The van der Waals surface area contributed by atoms with Crippen molar-refractivity contribution in [3.05, 3.63) is 54.1 Å². The van der Waals surface area contributed by atoms with Gasteiger partial charge in [-0.2, -0.15) is 0 Å². The summed E-state index contributed by atoms with van der Waals surface area (Å²) >= 11 is 0. The molecule has 1 aromatic carbocycles. The Morgan fingerprint density at radius 3 is 2.43 bits per heavy atom. The van der Waals surface area contributed by atoms with Crippen LogP contribution in [0, 0.1) is 0 Å². The molecule has 1 rings (SSSR count). The van der Waals surface area contributed by atoms with Crippen molar-refractivity contribution in [2.45, 2.75) is 0 Å². The zero-order valence-corrected chi connectivity index (χ0v) is 8.85. The predicted octanol–water partition coefficient (Wildman–Crippen LogP) is 2.82. The van der Waals surface area contributed by atoms with E-state index >= 15 is 0 Å². The highest BCUT2D eigenvalue weighted by atomic mass is 15.0. The number of benzene rings is 1. The summed E-state index contributed by atoms with van der Waals surface area (Å²) in [6, 6.07) is 10.3. The van der Waals surface area contributed by atoms with Crippen molar-refractivity contribution in [1.82, 2.24) is 4.90 Å². The third-order valence-corrected chi connectivity index (χ3v) is 1.81. The van der Waals surface area contributed by atoms with Crippen LogP contribution in [0.25, 0.3) is 6.08 Å². The van der Waals surface area contributed by atoms with Crippen molar-refractivity contribution in [2.75, 3.05) is 20.6 Å². The van der Waals surface area contributed by atoms with E-state index in [0.29, 0.717) is 0 Å². The van der Waals surface area contributed by atoms with Crippen LogP contribution in [0.5, 0.6) is 0 Å². The van der Waals surface area contributed by atoms with Gasteiger partial charge < -0.3 is 4.90 Å². The largest absolute Gasteiger partial charge is 0.306 e. The molecule has 0 unspecified atom stereocenters. The highest BCUT2D eigenvalue weighted by molar-refractivity contribution is 5.50. The number of allylic oxidation sites excluding steroid dienone is 2. The molecule has 0 heterocycles. The van der Waals surface area contributed by atoms with E-state index in [1.165, 1.54) is 5.56 Å². The Balaban J connectivity index is 2.38. The third kappa shape index (κ3) is 4.63. The molecule has 0 spiro atoms. The molecule has 0 atom stereocenters. The molecule has 0 aliphatic carbocycles. The molecule has 0 N–H and O–H groups in total. The van der Waals surface area contributed by atoms with Gasteiger partial charge in [-0.1, -0.05) is 54.6 Å². The van der Waals surface area contributed by atoms with Crippen LogP contribution in [0.4, 0.5) is 0 Å². The molecule has 0 aliphatic heterocycles. The Kier molecular flexibility index (Phi) is 4.73. The fourth-order valence-corrected chi connectivity index (χ4v) is 1.08. The lowest BCUT2D eigenvalue weighted by Crippen LogP contribution is -2.10. The summed E-state index contributed by atoms with van der Waals surface area (Å²) in [6.45, 7) is 0.985. The summed E-state index contributed by atoms with van der Waals surface area (Å²) in [6.07, 6.45) is 8.39. The van der Waals surface area contributed by atoms with E-state index < -0.39 is 0 Å². The van der Waals surface area contributed by atoms with E-state index in [-0.39, 0.29) is 0 Å². The van der Waals surface area contributed by atoms with Crippen LogP contribution in [0.1, 0.15) is 5.56 Å². The SMILES string of the molecule is CN(C)CC=CC=Cc1ccccc1. The Labute approximate surface area is 86.4 Å². The summed E-state index contributed by atoms with van der Waals surface area (Å²) in [7, 11) is 4.12. The lowest BCUT2D eigenvalue weighted by atomic mass is 10.2. The molecule has 0 saturated heterocycles. The first-order valence-corrected chi connectivity index (χ1v) is 4.82. The van der Waals surface area contributed by atoms with Crippen LogP contribution in [-0.2, 0) is 0 Å². The van der Waals surface area contributed by atoms with Crippen molar-refractivity contribution in [2.24, 2.45) is 0 Å². The zero-order valence-electron chi connectivity index (χ0n) is 8.85. The summed E-state index contributed by atoms with van der Waals surface area (Å²) in [5.41, 5.74) is 1.24. The monoisotopic (exact) mass is 187 g/mol. The fraction of sp³-hybridized carbons (Fsp3) is 0.231. The summed E-state index contributed by atoms with van der Waals surface area (Å²) in [4.78, 5) is 2.13. The van der Waals surface area contributed by atoms with Crippen molar-refractivity contribution < 1.29 is 0 Å². The van der Waals surface area contributed by atoms with Crippen molar-refractivity contribution in [3.63, 3.8) is 0 Å². The Bertz CT molecular complexity index is 296. The lowest BCUT2D eigenvalue weighted by Gasteiger charge is -2.02. The molecular weight excluding hydrogens is 170 g/mol. The van der Waals surface area contributed by atoms with E-state index in [4.69, 9.17) is 0 Å². The Morgan fingerprint density at radius 2 is 1.79 bits per heavy atom. The molecule has 0 bridgehead atoms. The molecule has 0 aromatic heterocycles. The molecule has 0 saturated carbocycles. The average molecular weight is 187 g/mol. The van der Waals surface area contributed by atoms with Crippen LogP contribution in [-0.4, -0.2) is 25.5 Å². The van der Waals surface area contributed by atoms with Crippen LogP contribution in [0.15, 0.2) is 48.6 Å². The first-order chi connectivity index (χ1) is 6.79. The molecule has 0 radical (unpaired) electrons. The molecule has 0 amide bonds.